The van der Waals surface area contributed by atoms with E-state index < -0.39 is 0 Å². The molecule has 5 nitrogen and oxygen atoms in total. The second-order valence-corrected chi connectivity index (χ2v) is 10.7. The van der Waals surface area contributed by atoms with Crippen LogP contribution in [-0.4, -0.2) is 14.5 Å². The number of nitriles is 2. The van der Waals surface area contributed by atoms with Gasteiger partial charge in [0.25, 0.3) is 0 Å². The number of hydrogen-bond acceptors (Lipinski definition) is 4. The van der Waals surface area contributed by atoms with E-state index in [9.17, 15) is 5.26 Å². The van der Waals surface area contributed by atoms with Gasteiger partial charge in [0.1, 0.15) is 12.1 Å². The number of aryl methyl sites for hydroxylation is 2. The Hall–Kier alpha value is -6.04. The lowest BCUT2D eigenvalue weighted by atomic mass is 9.98. The van der Waals surface area contributed by atoms with Gasteiger partial charge >= 0.3 is 0 Å². The van der Waals surface area contributed by atoms with E-state index in [4.69, 9.17) is 5.26 Å². The zero-order valence-electron chi connectivity index (χ0n) is 23.7. The van der Waals surface area contributed by atoms with Gasteiger partial charge in [0.15, 0.2) is 5.82 Å². The van der Waals surface area contributed by atoms with E-state index in [-0.39, 0.29) is 0 Å². The Labute approximate surface area is 249 Å². The van der Waals surface area contributed by atoms with Gasteiger partial charge in [-0.25, -0.2) is 9.97 Å². The standard InChI is InChI=1S/C38H25N5/c1-24-7-3-5-9-31(24)27-11-14-33-34-15-12-28(32-10-6-4-8-25(32)2)19-37(34)43(36(33)18-27)35-16-13-29(17-30(35)21-40)38-41-22-26(20-39)23-42-38/h3-19,22-23H,1-2H3. The van der Waals surface area contributed by atoms with Crippen LogP contribution in [0.2, 0.25) is 0 Å². The SMILES string of the molecule is Cc1ccccc1-c1ccc2c3ccc(-c4ccccc4C)cc3n(-c3ccc(-c4ncc(C#N)cn4)cc3C#N)c2c1. The van der Waals surface area contributed by atoms with Gasteiger partial charge in [-0.3, -0.25) is 0 Å². The fraction of sp³-hybridized carbons (Fsp3) is 0.0526. The Balaban J connectivity index is 1.51. The van der Waals surface area contributed by atoms with Gasteiger partial charge in [0, 0.05) is 28.7 Å². The molecule has 7 aromatic rings. The third-order valence-corrected chi connectivity index (χ3v) is 8.08. The van der Waals surface area contributed by atoms with Gasteiger partial charge in [-0.1, -0.05) is 72.8 Å². The monoisotopic (exact) mass is 551 g/mol. The van der Waals surface area contributed by atoms with Crippen LogP contribution in [0.25, 0.3) is 61.1 Å². The van der Waals surface area contributed by atoms with Crippen LogP contribution < -0.4 is 0 Å². The van der Waals surface area contributed by atoms with Crippen molar-refractivity contribution in [3.05, 3.63) is 138 Å². The molecule has 0 radical (unpaired) electrons. The van der Waals surface area contributed by atoms with E-state index in [0.717, 1.165) is 38.6 Å². The summed E-state index contributed by atoms with van der Waals surface area (Å²) in [5, 5.41) is 21.8. The summed E-state index contributed by atoms with van der Waals surface area (Å²) in [5.74, 6) is 0.466. The summed E-state index contributed by atoms with van der Waals surface area (Å²) in [6.45, 7) is 4.25. The summed E-state index contributed by atoms with van der Waals surface area (Å²) in [4.78, 5) is 8.69. The minimum Gasteiger partial charge on any atom is -0.308 e. The molecule has 0 saturated heterocycles. The molecule has 43 heavy (non-hydrogen) atoms. The van der Waals surface area contributed by atoms with Gasteiger partial charge in [-0.2, -0.15) is 10.5 Å². The van der Waals surface area contributed by atoms with Crippen LogP contribution in [0, 0.1) is 36.5 Å². The normalized spacial score (nSPS) is 11.0. The van der Waals surface area contributed by atoms with Gasteiger partial charge in [0.2, 0.25) is 0 Å². The number of fused-ring (bicyclic) bond motifs is 3. The van der Waals surface area contributed by atoms with Crippen LogP contribution >= 0.6 is 0 Å². The van der Waals surface area contributed by atoms with Crippen LogP contribution in [-0.2, 0) is 0 Å². The first-order valence-electron chi connectivity index (χ1n) is 14.0. The number of aromatic nitrogens is 3. The van der Waals surface area contributed by atoms with Gasteiger partial charge in [0.05, 0.1) is 27.8 Å². The molecule has 0 saturated carbocycles. The molecule has 0 aliphatic heterocycles. The van der Waals surface area contributed by atoms with Crippen molar-refractivity contribution >= 4 is 21.8 Å². The van der Waals surface area contributed by atoms with Crippen molar-refractivity contribution in [1.29, 1.82) is 10.5 Å². The van der Waals surface area contributed by atoms with Crippen LogP contribution in [0.3, 0.4) is 0 Å². The predicted molar refractivity (Wildman–Crippen MR) is 172 cm³/mol. The van der Waals surface area contributed by atoms with Crippen molar-refractivity contribution in [3.63, 3.8) is 0 Å². The van der Waals surface area contributed by atoms with E-state index in [1.54, 1.807) is 0 Å². The molecule has 2 aromatic heterocycles. The molecule has 0 unspecified atom stereocenters. The average Bonchev–Trinajstić information content (AvgIpc) is 3.37. The van der Waals surface area contributed by atoms with E-state index >= 15 is 0 Å². The zero-order valence-corrected chi connectivity index (χ0v) is 23.7. The zero-order chi connectivity index (χ0) is 29.5. The maximum atomic E-state index is 10.4. The lowest BCUT2D eigenvalue weighted by molar-refractivity contribution is 1.14. The number of nitrogens with zero attached hydrogens (tertiary/aromatic N) is 5. The van der Waals surface area contributed by atoms with E-state index in [1.807, 2.05) is 24.3 Å². The van der Waals surface area contributed by atoms with Crippen LogP contribution in [0.5, 0.6) is 0 Å². The van der Waals surface area contributed by atoms with Gasteiger partial charge in [-0.05, 0) is 77.6 Å². The summed E-state index contributed by atoms with van der Waals surface area (Å²) in [7, 11) is 0. The van der Waals surface area contributed by atoms with Crippen molar-refractivity contribution in [2.75, 3.05) is 0 Å². The topological polar surface area (TPSA) is 78.3 Å². The molecule has 0 bridgehead atoms. The maximum Gasteiger partial charge on any atom is 0.159 e. The minimum absolute atomic E-state index is 0.389. The summed E-state index contributed by atoms with van der Waals surface area (Å²) in [6, 6.07) is 40.2. The fourth-order valence-corrected chi connectivity index (χ4v) is 5.90. The lowest BCUT2D eigenvalue weighted by Gasteiger charge is -2.13. The van der Waals surface area contributed by atoms with Crippen molar-refractivity contribution in [1.82, 2.24) is 14.5 Å². The Bertz CT molecular complexity index is 2180. The second-order valence-electron chi connectivity index (χ2n) is 10.7. The number of hydrogen-bond donors (Lipinski definition) is 0. The molecule has 5 heteroatoms. The summed E-state index contributed by atoms with van der Waals surface area (Å²) in [6.07, 6.45) is 2.99. The van der Waals surface area contributed by atoms with E-state index in [1.165, 1.54) is 34.6 Å². The molecule has 5 aromatic carbocycles. The Morgan fingerprint density at radius 2 is 1.12 bits per heavy atom. The summed E-state index contributed by atoms with van der Waals surface area (Å²) < 4.78 is 2.20. The molecule has 0 atom stereocenters. The molecule has 202 valence electrons. The van der Waals surface area contributed by atoms with Crippen LogP contribution in [0.1, 0.15) is 22.3 Å². The quantitative estimate of drug-likeness (QED) is 0.219. The van der Waals surface area contributed by atoms with Crippen molar-refractivity contribution in [2.45, 2.75) is 13.8 Å². The van der Waals surface area contributed by atoms with Crippen molar-refractivity contribution in [2.24, 2.45) is 0 Å². The van der Waals surface area contributed by atoms with Crippen molar-refractivity contribution < 1.29 is 0 Å². The van der Waals surface area contributed by atoms with Crippen LogP contribution in [0.4, 0.5) is 0 Å². The first-order valence-corrected chi connectivity index (χ1v) is 14.0. The Morgan fingerprint density at radius 1 is 0.581 bits per heavy atom. The number of benzene rings is 5. The first-order chi connectivity index (χ1) is 21.1. The molecule has 0 amide bonds. The highest BCUT2D eigenvalue weighted by atomic mass is 15.0. The molecule has 0 aliphatic carbocycles. The molecule has 0 fully saturated rings. The Morgan fingerprint density at radius 3 is 1.63 bits per heavy atom. The second kappa shape index (κ2) is 10.4. The third kappa shape index (κ3) is 4.41. The predicted octanol–water partition coefficient (Wildman–Crippen LogP) is 8.93. The maximum absolute atomic E-state index is 10.4. The van der Waals surface area contributed by atoms with Gasteiger partial charge < -0.3 is 4.57 Å². The molecular weight excluding hydrogens is 526 g/mol. The molecular formula is C38H25N5. The van der Waals surface area contributed by atoms with E-state index in [0.29, 0.717) is 22.5 Å². The summed E-state index contributed by atoms with van der Waals surface area (Å²) in [5.41, 5.74) is 11.4. The highest BCUT2D eigenvalue weighted by Gasteiger charge is 2.18. The highest BCUT2D eigenvalue weighted by Crippen LogP contribution is 2.39. The first kappa shape index (κ1) is 25.9. The van der Waals surface area contributed by atoms with E-state index in [2.05, 4.69) is 119 Å². The highest BCUT2D eigenvalue weighted by molar-refractivity contribution is 6.11. The minimum atomic E-state index is 0.389. The molecule has 0 aliphatic rings. The lowest BCUT2D eigenvalue weighted by Crippen LogP contribution is -1.99. The summed E-state index contributed by atoms with van der Waals surface area (Å²) >= 11 is 0. The smallest absolute Gasteiger partial charge is 0.159 e. The van der Waals surface area contributed by atoms with Gasteiger partial charge in [-0.15, -0.1) is 0 Å². The molecule has 0 spiro atoms. The Kier molecular flexibility index (Phi) is 6.27. The molecule has 7 rings (SSSR count). The molecule has 2 heterocycles. The van der Waals surface area contributed by atoms with Crippen LogP contribution in [0.15, 0.2) is 116 Å². The molecule has 0 N–H and O–H groups in total. The third-order valence-electron chi connectivity index (χ3n) is 8.08. The number of rotatable bonds is 4. The fourth-order valence-electron chi connectivity index (χ4n) is 5.90. The van der Waals surface area contributed by atoms with Crippen molar-refractivity contribution in [3.8, 4) is 51.5 Å². The average molecular weight is 552 g/mol. The largest absolute Gasteiger partial charge is 0.308 e.